The molecule has 24 heavy (non-hydrogen) atoms. The van der Waals surface area contributed by atoms with Gasteiger partial charge in [0.05, 0.1) is 24.0 Å². The molecule has 0 unspecified atom stereocenters. The highest BCUT2D eigenvalue weighted by atomic mass is 35.5. The van der Waals surface area contributed by atoms with Crippen molar-refractivity contribution in [3.63, 3.8) is 0 Å². The number of hydrogen-bond acceptors (Lipinski definition) is 6. The summed E-state index contributed by atoms with van der Waals surface area (Å²) in [5, 5.41) is 3.43. The number of nitrogens with zero attached hydrogens (tertiary/aromatic N) is 3. The van der Waals surface area contributed by atoms with Gasteiger partial charge in [0.1, 0.15) is 19.3 Å². The second-order valence-electron chi connectivity index (χ2n) is 5.88. The molecule has 1 aromatic heterocycles. The van der Waals surface area contributed by atoms with Crippen molar-refractivity contribution in [1.82, 2.24) is 20.2 Å². The second kappa shape index (κ2) is 7.65. The Morgan fingerprint density at radius 1 is 1.33 bits per heavy atom. The first-order chi connectivity index (χ1) is 11.6. The monoisotopic (exact) mass is 354 g/mol. The number of rotatable bonds is 5. The number of cyclic esters (lactones) is 1. The summed E-state index contributed by atoms with van der Waals surface area (Å²) in [5.41, 5.74) is 0. The summed E-state index contributed by atoms with van der Waals surface area (Å²) >= 11 is 5.74. The number of hydrogen-bond donors (Lipinski definition) is 1. The molecule has 2 aliphatic rings. The van der Waals surface area contributed by atoms with Crippen molar-refractivity contribution < 1.29 is 19.1 Å². The van der Waals surface area contributed by atoms with E-state index in [-0.39, 0.29) is 24.6 Å². The summed E-state index contributed by atoms with van der Waals surface area (Å²) < 4.78 is 10.5. The average Bonchev–Trinajstić information content (AvgIpc) is 2.96. The fourth-order valence-corrected chi connectivity index (χ4v) is 2.95. The fourth-order valence-electron chi connectivity index (χ4n) is 2.85. The smallest absolute Gasteiger partial charge is 0.410 e. The highest BCUT2D eigenvalue weighted by Gasteiger charge is 2.27. The third-order valence-electron chi connectivity index (χ3n) is 4.09. The highest BCUT2D eigenvalue weighted by Crippen LogP contribution is 2.22. The Bertz CT molecular complexity index is 590. The van der Waals surface area contributed by atoms with Crippen molar-refractivity contribution in [3.8, 4) is 6.01 Å². The zero-order valence-corrected chi connectivity index (χ0v) is 13.9. The molecule has 1 aliphatic heterocycles. The van der Waals surface area contributed by atoms with Gasteiger partial charge in [-0.1, -0.05) is 11.6 Å². The molecule has 0 aromatic carbocycles. The summed E-state index contributed by atoms with van der Waals surface area (Å²) in [6, 6.07) is 0.418. The summed E-state index contributed by atoms with van der Waals surface area (Å²) in [6.07, 6.45) is 5.85. The maximum Gasteiger partial charge on any atom is 0.410 e. The third kappa shape index (κ3) is 4.47. The maximum atomic E-state index is 12.0. The molecule has 2 fully saturated rings. The molecule has 1 N–H and O–H groups in total. The minimum atomic E-state index is -0.426. The van der Waals surface area contributed by atoms with Gasteiger partial charge in [-0.15, -0.1) is 0 Å². The van der Waals surface area contributed by atoms with Gasteiger partial charge in [0.2, 0.25) is 5.91 Å². The Balaban J connectivity index is 1.39. The van der Waals surface area contributed by atoms with Crippen LogP contribution >= 0.6 is 11.6 Å². The number of aromatic nitrogens is 2. The van der Waals surface area contributed by atoms with Crippen LogP contribution in [-0.2, 0) is 9.53 Å². The molecule has 0 atom stereocenters. The first kappa shape index (κ1) is 16.8. The van der Waals surface area contributed by atoms with E-state index in [1.165, 1.54) is 17.3 Å². The first-order valence-electron chi connectivity index (χ1n) is 7.95. The minimum Gasteiger partial charge on any atom is -0.460 e. The number of ether oxygens (including phenoxy) is 2. The van der Waals surface area contributed by atoms with Crippen LogP contribution in [-0.4, -0.2) is 58.7 Å². The van der Waals surface area contributed by atoms with Crippen molar-refractivity contribution in [1.29, 1.82) is 0 Å². The molecule has 8 nitrogen and oxygen atoms in total. The first-order valence-corrected chi connectivity index (χ1v) is 8.33. The minimum absolute atomic E-state index is 0.0351. The topological polar surface area (TPSA) is 93.7 Å². The van der Waals surface area contributed by atoms with E-state index in [0.29, 0.717) is 24.2 Å². The lowest BCUT2D eigenvalue weighted by molar-refractivity contribution is -0.122. The Kier molecular flexibility index (Phi) is 5.34. The second-order valence-corrected chi connectivity index (χ2v) is 6.32. The lowest BCUT2D eigenvalue weighted by atomic mass is 9.93. The van der Waals surface area contributed by atoms with Crippen LogP contribution in [0.3, 0.4) is 0 Å². The van der Waals surface area contributed by atoms with Gasteiger partial charge in [-0.25, -0.2) is 14.8 Å². The molecule has 130 valence electrons. The van der Waals surface area contributed by atoms with E-state index >= 15 is 0 Å². The van der Waals surface area contributed by atoms with Gasteiger partial charge < -0.3 is 14.8 Å². The molecular formula is C15H19ClN4O4. The van der Waals surface area contributed by atoms with Crippen LogP contribution in [0.15, 0.2) is 12.4 Å². The van der Waals surface area contributed by atoms with Crippen LogP contribution in [0.5, 0.6) is 6.01 Å². The molecule has 9 heteroatoms. The highest BCUT2D eigenvalue weighted by molar-refractivity contribution is 6.30. The Hall–Kier alpha value is -2.09. The van der Waals surface area contributed by atoms with E-state index in [4.69, 9.17) is 21.1 Å². The molecule has 0 radical (unpaired) electrons. The van der Waals surface area contributed by atoms with Gasteiger partial charge in [0.15, 0.2) is 0 Å². The molecule has 0 bridgehead atoms. The van der Waals surface area contributed by atoms with Gasteiger partial charge in [0.25, 0.3) is 0 Å². The molecule has 1 aliphatic carbocycles. The summed E-state index contributed by atoms with van der Waals surface area (Å²) in [7, 11) is 0. The van der Waals surface area contributed by atoms with Crippen molar-refractivity contribution in [2.45, 2.75) is 37.8 Å². The van der Waals surface area contributed by atoms with Crippen LogP contribution in [0, 0.1) is 0 Å². The largest absolute Gasteiger partial charge is 0.460 e. The molecule has 2 heterocycles. The quantitative estimate of drug-likeness (QED) is 0.858. The standard InChI is InChI=1S/C15H19ClN4O4/c16-10-7-17-14(18-8-10)24-12-3-1-11(2-4-12)19-13(21)9-20-5-6-23-15(20)22/h7-8,11-12H,1-6,9H2,(H,19,21). The van der Waals surface area contributed by atoms with E-state index in [1.54, 1.807) is 0 Å². The van der Waals surface area contributed by atoms with Crippen LogP contribution in [0.25, 0.3) is 0 Å². The van der Waals surface area contributed by atoms with E-state index < -0.39 is 6.09 Å². The van der Waals surface area contributed by atoms with Gasteiger partial charge >= 0.3 is 12.1 Å². The van der Waals surface area contributed by atoms with Crippen molar-refractivity contribution in [2.24, 2.45) is 0 Å². The van der Waals surface area contributed by atoms with E-state index in [0.717, 1.165) is 25.7 Å². The van der Waals surface area contributed by atoms with Crippen molar-refractivity contribution >= 4 is 23.6 Å². The zero-order valence-electron chi connectivity index (χ0n) is 13.1. The Morgan fingerprint density at radius 2 is 2.04 bits per heavy atom. The van der Waals surface area contributed by atoms with Crippen molar-refractivity contribution in [3.05, 3.63) is 17.4 Å². The van der Waals surface area contributed by atoms with Gasteiger partial charge in [-0.2, -0.15) is 0 Å². The van der Waals surface area contributed by atoms with E-state index in [9.17, 15) is 9.59 Å². The number of amides is 2. The molecule has 1 saturated heterocycles. The summed E-state index contributed by atoms with van der Waals surface area (Å²) in [5.74, 6) is -0.153. The van der Waals surface area contributed by atoms with Crippen molar-refractivity contribution in [2.75, 3.05) is 19.7 Å². The SMILES string of the molecule is O=C(CN1CCOC1=O)NC1CCC(Oc2ncc(Cl)cn2)CC1. The predicted molar refractivity (Wildman–Crippen MR) is 84.8 cm³/mol. The Morgan fingerprint density at radius 3 is 2.67 bits per heavy atom. The predicted octanol–water partition coefficient (Wildman–Crippen LogP) is 1.39. The lowest BCUT2D eigenvalue weighted by Crippen LogP contribution is -2.44. The van der Waals surface area contributed by atoms with Crippen LogP contribution in [0.2, 0.25) is 5.02 Å². The van der Waals surface area contributed by atoms with Gasteiger partial charge in [0, 0.05) is 6.04 Å². The molecule has 1 aromatic rings. The van der Waals surface area contributed by atoms with Crippen LogP contribution in [0.1, 0.15) is 25.7 Å². The number of carbonyl (C=O) groups excluding carboxylic acids is 2. The number of nitrogens with one attached hydrogen (secondary N) is 1. The zero-order chi connectivity index (χ0) is 16.9. The van der Waals surface area contributed by atoms with E-state index in [1.807, 2.05) is 0 Å². The van der Waals surface area contributed by atoms with Gasteiger partial charge in [-0.05, 0) is 25.7 Å². The normalized spacial score (nSPS) is 23.7. The van der Waals surface area contributed by atoms with Crippen LogP contribution in [0.4, 0.5) is 4.79 Å². The molecule has 1 saturated carbocycles. The molecular weight excluding hydrogens is 336 g/mol. The lowest BCUT2D eigenvalue weighted by Gasteiger charge is -2.29. The number of halogens is 1. The Labute approximate surface area is 144 Å². The molecule has 0 spiro atoms. The summed E-state index contributed by atoms with van der Waals surface area (Å²) in [6.45, 7) is 0.864. The van der Waals surface area contributed by atoms with E-state index in [2.05, 4.69) is 15.3 Å². The molecule has 3 rings (SSSR count). The number of carbonyl (C=O) groups is 2. The average molecular weight is 355 g/mol. The third-order valence-corrected chi connectivity index (χ3v) is 4.28. The maximum absolute atomic E-state index is 12.0. The fraction of sp³-hybridized carbons (Fsp3) is 0.600. The summed E-state index contributed by atoms with van der Waals surface area (Å²) in [4.78, 5) is 32.8. The molecule has 2 amide bonds. The van der Waals surface area contributed by atoms with Crippen LogP contribution < -0.4 is 10.1 Å². The van der Waals surface area contributed by atoms with Gasteiger partial charge in [-0.3, -0.25) is 9.69 Å².